The van der Waals surface area contributed by atoms with E-state index in [0.29, 0.717) is 17.9 Å². The second-order valence-corrected chi connectivity index (χ2v) is 3.92. The molecule has 102 valence electrons. The van der Waals surface area contributed by atoms with Crippen LogP contribution < -0.4 is 9.47 Å². The van der Waals surface area contributed by atoms with Gasteiger partial charge in [-0.1, -0.05) is 0 Å². The average molecular weight is 266 g/mol. The SMILES string of the molecule is COc1ccc(OC)c(C(=O)O[C@@H]2CCOC2=O)c1. The van der Waals surface area contributed by atoms with Gasteiger partial charge >= 0.3 is 11.9 Å². The second-order valence-electron chi connectivity index (χ2n) is 3.92. The molecule has 1 saturated heterocycles. The van der Waals surface area contributed by atoms with Gasteiger partial charge in [-0.3, -0.25) is 0 Å². The van der Waals surface area contributed by atoms with Crippen LogP contribution in [0.3, 0.4) is 0 Å². The Balaban J connectivity index is 2.19. The number of carbonyl (C=O) groups is 2. The molecule has 1 aliphatic heterocycles. The summed E-state index contributed by atoms with van der Waals surface area (Å²) in [6, 6.07) is 4.77. The molecule has 1 fully saturated rings. The molecular formula is C13H14O6. The molecule has 0 aliphatic carbocycles. The van der Waals surface area contributed by atoms with Gasteiger partial charge in [-0.15, -0.1) is 0 Å². The lowest BCUT2D eigenvalue weighted by Crippen LogP contribution is -2.23. The van der Waals surface area contributed by atoms with E-state index in [4.69, 9.17) is 18.9 Å². The first-order valence-corrected chi connectivity index (χ1v) is 5.75. The van der Waals surface area contributed by atoms with Gasteiger partial charge in [-0.05, 0) is 18.2 Å². The highest BCUT2D eigenvalue weighted by molar-refractivity contribution is 5.94. The summed E-state index contributed by atoms with van der Waals surface area (Å²) < 4.78 is 20.0. The van der Waals surface area contributed by atoms with Gasteiger partial charge in [0.25, 0.3) is 0 Å². The average Bonchev–Trinajstić information content (AvgIpc) is 2.83. The maximum Gasteiger partial charge on any atom is 0.347 e. The summed E-state index contributed by atoms with van der Waals surface area (Å²) in [5.41, 5.74) is 0.210. The van der Waals surface area contributed by atoms with Crippen LogP contribution in [0.2, 0.25) is 0 Å². The van der Waals surface area contributed by atoms with Crippen LogP contribution in [0.15, 0.2) is 18.2 Å². The number of esters is 2. The molecule has 6 heteroatoms. The van der Waals surface area contributed by atoms with Crippen molar-refractivity contribution in [3.8, 4) is 11.5 Å². The first kappa shape index (κ1) is 13.2. The lowest BCUT2D eigenvalue weighted by molar-refractivity contribution is -0.145. The predicted octanol–water partition coefficient (Wildman–Crippen LogP) is 1.18. The zero-order valence-corrected chi connectivity index (χ0v) is 10.7. The highest BCUT2D eigenvalue weighted by Gasteiger charge is 2.31. The fourth-order valence-electron chi connectivity index (χ4n) is 1.75. The molecule has 19 heavy (non-hydrogen) atoms. The Morgan fingerprint density at radius 1 is 1.32 bits per heavy atom. The maximum absolute atomic E-state index is 12.0. The largest absolute Gasteiger partial charge is 0.497 e. The lowest BCUT2D eigenvalue weighted by Gasteiger charge is -2.12. The van der Waals surface area contributed by atoms with Crippen molar-refractivity contribution in [1.82, 2.24) is 0 Å². The van der Waals surface area contributed by atoms with Crippen molar-refractivity contribution in [2.75, 3.05) is 20.8 Å². The van der Waals surface area contributed by atoms with Crippen LogP contribution in [0.25, 0.3) is 0 Å². The number of hydrogen-bond acceptors (Lipinski definition) is 6. The molecule has 1 aromatic rings. The number of benzene rings is 1. The number of rotatable bonds is 4. The Kier molecular flexibility index (Phi) is 3.89. The Labute approximate surface area is 110 Å². The van der Waals surface area contributed by atoms with Gasteiger partial charge in [0, 0.05) is 6.42 Å². The van der Waals surface area contributed by atoms with Gasteiger partial charge in [0.1, 0.15) is 17.1 Å². The monoisotopic (exact) mass is 266 g/mol. The molecule has 0 N–H and O–H groups in total. The fourth-order valence-corrected chi connectivity index (χ4v) is 1.75. The molecule has 1 aliphatic rings. The third-order valence-corrected chi connectivity index (χ3v) is 2.76. The molecule has 2 rings (SSSR count). The summed E-state index contributed by atoms with van der Waals surface area (Å²) in [6.07, 6.45) is -0.472. The highest BCUT2D eigenvalue weighted by Crippen LogP contribution is 2.25. The summed E-state index contributed by atoms with van der Waals surface area (Å²) >= 11 is 0. The molecule has 1 atom stereocenters. The number of hydrogen-bond donors (Lipinski definition) is 0. The lowest BCUT2D eigenvalue weighted by atomic mass is 10.2. The minimum atomic E-state index is -0.844. The number of carbonyl (C=O) groups excluding carboxylic acids is 2. The molecule has 6 nitrogen and oxygen atoms in total. The Morgan fingerprint density at radius 3 is 2.68 bits per heavy atom. The topological polar surface area (TPSA) is 71.1 Å². The zero-order chi connectivity index (χ0) is 13.8. The smallest absolute Gasteiger partial charge is 0.347 e. The zero-order valence-electron chi connectivity index (χ0n) is 10.7. The number of methoxy groups -OCH3 is 2. The second kappa shape index (κ2) is 5.60. The van der Waals surface area contributed by atoms with E-state index in [1.54, 1.807) is 12.1 Å². The molecule has 0 saturated carbocycles. The molecule has 0 radical (unpaired) electrons. The van der Waals surface area contributed by atoms with E-state index in [0.717, 1.165) is 0 Å². The predicted molar refractivity (Wildman–Crippen MR) is 64.3 cm³/mol. The summed E-state index contributed by atoms with van der Waals surface area (Å²) in [5, 5.41) is 0. The van der Waals surface area contributed by atoms with Gasteiger partial charge in [0.05, 0.1) is 20.8 Å². The first-order chi connectivity index (χ1) is 9.15. The van der Waals surface area contributed by atoms with Gasteiger partial charge in [-0.25, -0.2) is 9.59 Å². The normalized spacial score (nSPS) is 17.8. The molecule has 0 spiro atoms. The van der Waals surface area contributed by atoms with Crippen LogP contribution in [-0.2, 0) is 14.3 Å². The van der Waals surface area contributed by atoms with Crippen molar-refractivity contribution in [1.29, 1.82) is 0 Å². The van der Waals surface area contributed by atoms with Crippen molar-refractivity contribution < 1.29 is 28.5 Å². The van der Waals surface area contributed by atoms with Gasteiger partial charge in [-0.2, -0.15) is 0 Å². The van der Waals surface area contributed by atoms with Crippen molar-refractivity contribution >= 4 is 11.9 Å². The summed E-state index contributed by atoms with van der Waals surface area (Å²) in [5.74, 6) is -0.297. The summed E-state index contributed by atoms with van der Waals surface area (Å²) in [4.78, 5) is 23.3. The van der Waals surface area contributed by atoms with E-state index >= 15 is 0 Å². The Morgan fingerprint density at radius 2 is 2.11 bits per heavy atom. The van der Waals surface area contributed by atoms with Gasteiger partial charge in [0.15, 0.2) is 0 Å². The van der Waals surface area contributed by atoms with E-state index in [-0.39, 0.29) is 12.2 Å². The third kappa shape index (κ3) is 2.78. The van der Waals surface area contributed by atoms with E-state index in [1.807, 2.05) is 0 Å². The van der Waals surface area contributed by atoms with Crippen LogP contribution in [0.1, 0.15) is 16.8 Å². The van der Waals surface area contributed by atoms with Gasteiger partial charge in [0.2, 0.25) is 6.10 Å². The molecule has 0 aromatic heterocycles. The first-order valence-electron chi connectivity index (χ1n) is 5.75. The van der Waals surface area contributed by atoms with Crippen molar-refractivity contribution in [2.45, 2.75) is 12.5 Å². The Bertz CT molecular complexity index is 496. The minimum absolute atomic E-state index is 0.210. The number of ether oxygens (including phenoxy) is 4. The fraction of sp³-hybridized carbons (Fsp3) is 0.385. The van der Waals surface area contributed by atoms with E-state index in [9.17, 15) is 9.59 Å². The van der Waals surface area contributed by atoms with Crippen LogP contribution in [-0.4, -0.2) is 38.9 Å². The van der Waals surface area contributed by atoms with Crippen LogP contribution >= 0.6 is 0 Å². The quantitative estimate of drug-likeness (QED) is 0.762. The molecule has 1 aromatic carbocycles. The standard InChI is InChI=1S/C13H14O6/c1-16-8-3-4-10(17-2)9(7-8)12(14)19-11-5-6-18-13(11)15/h3-4,7,11H,5-6H2,1-2H3/t11-/m1/s1. The maximum atomic E-state index is 12.0. The summed E-state index contributed by atoms with van der Waals surface area (Å²) in [6.45, 7) is 0.270. The molecule has 0 bridgehead atoms. The van der Waals surface area contributed by atoms with Crippen molar-refractivity contribution in [3.05, 3.63) is 23.8 Å². The minimum Gasteiger partial charge on any atom is -0.497 e. The molecule has 1 heterocycles. The van der Waals surface area contributed by atoms with Crippen molar-refractivity contribution in [3.63, 3.8) is 0 Å². The third-order valence-electron chi connectivity index (χ3n) is 2.76. The van der Waals surface area contributed by atoms with Crippen molar-refractivity contribution in [2.24, 2.45) is 0 Å². The summed E-state index contributed by atoms with van der Waals surface area (Å²) in [7, 11) is 2.94. The molecule has 0 unspecified atom stereocenters. The van der Waals surface area contributed by atoms with Crippen LogP contribution in [0.5, 0.6) is 11.5 Å². The highest BCUT2D eigenvalue weighted by atomic mass is 16.6. The van der Waals surface area contributed by atoms with E-state index in [2.05, 4.69) is 0 Å². The van der Waals surface area contributed by atoms with Crippen LogP contribution in [0.4, 0.5) is 0 Å². The Hall–Kier alpha value is -2.24. The number of cyclic esters (lactones) is 1. The molecule has 0 amide bonds. The van der Waals surface area contributed by atoms with E-state index in [1.165, 1.54) is 20.3 Å². The van der Waals surface area contributed by atoms with Gasteiger partial charge < -0.3 is 18.9 Å². The molecular weight excluding hydrogens is 252 g/mol. The van der Waals surface area contributed by atoms with E-state index < -0.39 is 18.0 Å². The van der Waals surface area contributed by atoms with Crippen LogP contribution in [0, 0.1) is 0 Å².